The Morgan fingerprint density at radius 1 is 1.32 bits per heavy atom. The van der Waals surface area contributed by atoms with Crippen molar-refractivity contribution in [1.82, 2.24) is 14.5 Å². The minimum absolute atomic E-state index is 0.0914. The molecule has 0 saturated carbocycles. The molecule has 0 aromatic rings. The highest BCUT2D eigenvalue weighted by Gasteiger charge is 2.23. The average molecular weight is 351 g/mol. The lowest BCUT2D eigenvalue weighted by atomic mass is 10.3. The van der Waals surface area contributed by atoms with Crippen molar-refractivity contribution in [3.8, 4) is 0 Å². The van der Waals surface area contributed by atoms with Crippen LogP contribution in [0, 0.1) is 0 Å². The Hall–Kier alpha value is -0.470. The second kappa shape index (κ2) is 10.3. The monoisotopic (exact) mass is 350 g/mol. The molecule has 0 aliphatic carbocycles. The first-order chi connectivity index (χ1) is 10.5. The molecule has 0 aromatic heterocycles. The third-order valence-electron chi connectivity index (χ3n) is 3.52. The van der Waals surface area contributed by atoms with Crippen molar-refractivity contribution in [2.45, 2.75) is 26.7 Å². The summed E-state index contributed by atoms with van der Waals surface area (Å²) in [7, 11) is -1.18. The van der Waals surface area contributed by atoms with Crippen molar-refractivity contribution in [3.05, 3.63) is 0 Å². The number of guanidine groups is 1. The van der Waals surface area contributed by atoms with E-state index in [1.807, 2.05) is 25.7 Å². The molecule has 0 amide bonds. The van der Waals surface area contributed by atoms with Gasteiger partial charge in [-0.15, -0.1) is 0 Å². The summed E-state index contributed by atoms with van der Waals surface area (Å²) >= 11 is 1.81. The Morgan fingerprint density at radius 3 is 2.59 bits per heavy atom. The number of sulfonamides is 1. The molecular weight excluding hydrogens is 320 g/mol. The van der Waals surface area contributed by atoms with Crippen LogP contribution in [0.25, 0.3) is 0 Å². The first-order valence-corrected chi connectivity index (χ1v) is 10.8. The maximum Gasteiger partial charge on any atom is 0.215 e. The molecule has 1 rings (SSSR count). The molecule has 8 heteroatoms. The van der Waals surface area contributed by atoms with E-state index in [0.717, 1.165) is 43.4 Å². The highest BCUT2D eigenvalue weighted by molar-refractivity contribution is 7.99. The van der Waals surface area contributed by atoms with Crippen molar-refractivity contribution in [3.63, 3.8) is 0 Å². The maximum atomic E-state index is 12.3. The molecule has 0 radical (unpaired) electrons. The predicted molar refractivity (Wildman–Crippen MR) is 96.2 cm³/mol. The van der Waals surface area contributed by atoms with Crippen LogP contribution in [0.3, 0.4) is 0 Å². The van der Waals surface area contributed by atoms with Gasteiger partial charge in [0, 0.05) is 44.7 Å². The number of hydrogen-bond acceptors (Lipinski definition) is 4. The van der Waals surface area contributed by atoms with E-state index in [1.165, 1.54) is 0 Å². The Labute approximate surface area is 139 Å². The first-order valence-electron chi connectivity index (χ1n) is 8.06. The molecule has 0 unspecified atom stereocenters. The van der Waals surface area contributed by atoms with Gasteiger partial charge in [0.15, 0.2) is 5.96 Å². The van der Waals surface area contributed by atoms with Gasteiger partial charge in [-0.2, -0.15) is 11.8 Å². The van der Waals surface area contributed by atoms with Gasteiger partial charge in [0.1, 0.15) is 0 Å². The fourth-order valence-corrected chi connectivity index (χ4v) is 4.65. The summed E-state index contributed by atoms with van der Waals surface area (Å²) in [6, 6.07) is 0. The molecule has 1 N–H and O–H groups in total. The highest BCUT2D eigenvalue weighted by atomic mass is 32.2. The van der Waals surface area contributed by atoms with Crippen LogP contribution in [0.1, 0.15) is 26.7 Å². The summed E-state index contributed by atoms with van der Waals surface area (Å²) in [6.45, 7) is 7.46. The van der Waals surface area contributed by atoms with Gasteiger partial charge in [-0.25, -0.2) is 12.7 Å². The van der Waals surface area contributed by atoms with E-state index in [0.29, 0.717) is 19.6 Å². The van der Waals surface area contributed by atoms with Gasteiger partial charge in [-0.05, 0) is 13.3 Å². The van der Waals surface area contributed by atoms with Crippen LogP contribution in [0.4, 0.5) is 0 Å². The van der Waals surface area contributed by atoms with E-state index in [4.69, 9.17) is 0 Å². The normalized spacial score (nSPS) is 17.5. The minimum atomic E-state index is -3.17. The maximum absolute atomic E-state index is 12.3. The summed E-state index contributed by atoms with van der Waals surface area (Å²) in [6.07, 6.45) is 2.23. The molecule has 1 aliphatic rings. The van der Waals surface area contributed by atoms with Crippen LogP contribution in [0.2, 0.25) is 0 Å². The lowest BCUT2D eigenvalue weighted by Crippen LogP contribution is -2.41. The fraction of sp³-hybridized carbons (Fsp3) is 0.929. The Kier molecular flexibility index (Phi) is 9.19. The molecule has 0 aromatic carbocycles. The van der Waals surface area contributed by atoms with Gasteiger partial charge in [0.2, 0.25) is 10.0 Å². The van der Waals surface area contributed by atoms with E-state index in [2.05, 4.69) is 22.1 Å². The third kappa shape index (κ3) is 6.75. The average Bonchev–Trinajstić information content (AvgIpc) is 2.52. The summed E-state index contributed by atoms with van der Waals surface area (Å²) in [5, 5.41) is 3.22. The highest BCUT2D eigenvalue weighted by Crippen LogP contribution is 2.13. The van der Waals surface area contributed by atoms with Gasteiger partial charge in [0.05, 0.1) is 12.3 Å². The standard InChI is InChI=1S/C14H30N4O2S2/c1-4-6-8-17(3)14(15-5-2)16-7-13-22(19,20)18-9-11-21-12-10-18/h4-13H2,1-3H3,(H,15,16). The molecule has 0 bridgehead atoms. The largest absolute Gasteiger partial charge is 0.357 e. The Bertz CT molecular complexity index is 434. The second-order valence-electron chi connectivity index (χ2n) is 5.34. The smallest absolute Gasteiger partial charge is 0.215 e. The second-order valence-corrected chi connectivity index (χ2v) is 8.65. The van der Waals surface area contributed by atoms with Crippen LogP contribution in [-0.4, -0.2) is 80.6 Å². The molecule has 0 spiro atoms. The molecule has 1 aliphatic heterocycles. The van der Waals surface area contributed by atoms with E-state index in [1.54, 1.807) is 4.31 Å². The van der Waals surface area contributed by atoms with E-state index >= 15 is 0 Å². The molecule has 130 valence electrons. The lowest BCUT2D eigenvalue weighted by Gasteiger charge is -2.25. The van der Waals surface area contributed by atoms with E-state index in [9.17, 15) is 8.42 Å². The molecule has 22 heavy (non-hydrogen) atoms. The SMILES string of the molecule is CCCCN(C)C(=NCCS(=O)(=O)N1CCSCC1)NCC. The predicted octanol–water partition coefficient (Wildman–Crippen LogP) is 1.06. The van der Waals surface area contributed by atoms with Crippen molar-refractivity contribution >= 4 is 27.7 Å². The quantitative estimate of drug-likeness (QED) is 0.524. The number of rotatable bonds is 8. The van der Waals surface area contributed by atoms with Gasteiger partial charge < -0.3 is 10.2 Å². The van der Waals surface area contributed by atoms with Crippen LogP contribution < -0.4 is 5.32 Å². The molecule has 0 atom stereocenters. The molecule has 1 fully saturated rings. The fourth-order valence-electron chi connectivity index (χ4n) is 2.19. The van der Waals surface area contributed by atoms with Gasteiger partial charge in [0.25, 0.3) is 0 Å². The zero-order chi connectivity index (χ0) is 16.4. The van der Waals surface area contributed by atoms with Crippen molar-refractivity contribution in [2.24, 2.45) is 4.99 Å². The Balaban J connectivity index is 2.54. The molecular formula is C14H30N4O2S2. The molecule has 1 heterocycles. The van der Waals surface area contributed by atoms with Crippen LogP contribution in [0.15, 0.2) is 4.99 Å². The Morgan fingerprint density at radius 2 is 2.00 bits per heavy atom. The number of nitrogens with one attached hydrogen (secondary N) is 1. The van der Waals surface area contributed by atoms with Gasteiger partial charge >= 0.3 is 0 Å². The first kappa shape index (κ1) is 19.6. The number of unbranched alkanes of at least 4 members (excludes halogenated alkanes) is 1. The zero-order valence-electron chi connectivity index (χ0n) is 14.0. The summed E-state index contributed by atoms with van der Waals surface area (Å²) in [4.78, 5) is 6.53. The molecule has 1 saturated heterocycles. The minimum Gasteiger partial charge on any atom is -0.357 e. The van der Waals surface area contributed by atoms with E-state index in [-0.39, 0.29) is 5.75 Å². The summed E-state index contributed by atoms with van der Waals surface area (Å²) < 4.78 is 26.2. The van der Waals surface area contributed by atoms with Gasteiger partial charge in [-0.1, -0.05) is 13.3 Å². The third-order valence-corrected chi connectivity index (χ3v) is 6.31. The summed E-state index contributed by atoms with van der Waals surface area (Å²) in [5.74, 6) is 2.67. The summed E-state index contributed by atoms with van der Waals surface area (Å²) in [5.41, 5.74) is 0. The van der Waals surface area contributed by atoms with Crippen LogP contribution in [0.5, 0.6) is 0 Å². The zero-order valence-corrected chi connectivity index (χ0v) is 15.7. The van der Waals surface area contributed by atoms with Crippen molar-refractivity contribution in [2.75, 3.05) is 57.0 Å². The topological polar surface area (TPSA) is 65.0 Å². The van der Waals surface area contributed by atoms with Crippen molar-refractivity contribution < 1.29 is 8.42 Å². The van der Waals surface area contributed by atoms with Crippen LogP contribution >= 0.6 is 11.8 Å². The van der Waals surface area contributed by atoms with Crippen molar-refractivity contribution in [1.29, 1.82) is 0 Å². The number of thioether (sulfide) groups is 1. The number of hydrogen-bond donors (Lipinski definition) is 1. The molecule has 6 nitrogen and oxygen atoms in total. The number of nitrogens with zero attached hydrogens (tertiary/aromatic N) is 3. The lowest BCUT2D eigenvalue weighted by molar-refractivity contribution is 0.443. The number of aliphatic imine (C=N–C) groups is 1. The van der Waals surface area contributed by atoms with E-state index < -0.39 is 10.0 Å². The van der Waals surface area contributed by atoms with Gasteiger partial charge in [-0.3, -0.25) is 4.99 Å². The van der Waals surface area contributed by atoms with Crippen LogP contribution in [-0.2, 0) is 10.0 Å².